The summed E-state index contributed by atoms with van der Waals surface area (Å²) in [5.74, 6) is -0.611. The third-order valence-corrected chi connectivity index (χ3v) is 2.75. The van der Waals surface area contributed by atoms with Crippen LogP contribution in [0.15, 0.2) is 42.5 Å². The Bertz CT molecular complexity index is 575. The molecule has 94 valence electrons. The van der Waals surface area contributed by atoms with Crippen molar-refractivity contribution >= 4 is 11.6 Å². The molecule has 2 rings (SSSR count). The van der Waals surface area contributed by atoms with Crippen LogP contribution >= 0.6 is 11.6 Å². The van der Waals surface area contributed by atoms with Crippen LogP contribution in [-0.2, 0) is 6.18 Å². The van der Waals surface area contributed by atoms with Gasteiger partial charge in [0.1, 0.15) is 5.82 Å². The predicted octanol–water partition coefficient (Wildman–Crippen LogP) is 5.16. The average Bonchev–Trinajstić information content (AvgIpc) is 2.27. The maximum Gasteiger partial charge on any atom is 0.417 e. The zero-order chi connectivity index (χ0) is 13.3. The van der Waals surface area contributed by atoms with Gasteiger partial charge in [-0.3, -0.25) is 0 Å². The number of hydrogen-bond donors (Lipinski definition) is 0. The molecule has 0 aliphatic rings. The normalized spacial score (nSPS) is 11.6. The van der Waals surface area contributed by atoms with E-state index in [2.05, 4.69) is 0 Å². The molecule has 0 bridgehead atoms. The van der Waals surface area contributed by atoms with E-state index >= 15 is 0 Å². The highest BCUT2D eigenvalue weighted by Crippen LogP contribution is 2.40. The predicted molar refractivity (Wildman–Crippen MR) is 61.8 cm³/mol. The summed E-state index contributed by atoms with van der Waals surface area (Å²) in [5, 5.41) is -0.0598. The van der Waals surface area contributed by atoms with Gasteiger partial charge in [0.15, 0.2) is 0 Å². The van der Waals surface area contributed by atoms with E-state index in [-0.39, 0.29) is 16.1 Å². The Balaban J connectivity index is 2.70. The summed E-state index contributed by atoms with van der Waals surface area (Å²) in [4.78, 5) is 0. The van der Waals surface area contributed by atoms with Gasteiger partial charge in [0.25, 0.3) is 0 Å². The molecule has 0 amide bonds. The summed E-state index contributed by atoms with van der Waals surface area (Å²) in [5.41, 5.74) is -0.973. The first-order valence-electron chi connectivity index (χ1n) is 5.01. The topological polar surface area (TPSA) is 0 Å². The third kappa shape index (κ3) is 2.48. The SMILES string of the molecule is Fc1cccc(-c2c(Cl)cccc2C(F)(F)F)c1. The van der Waals surface area contributed by atoms with Gasteiger partial charge >= 0.3 is 6.18 Å². The van der Waals surface area contributed by atoms with Crippen LogP contribution in [0.1, 0.15) is 5.56 Å². The number of benzene rings is 2. The van der Waals surface area contributed by atoms with Gasteiger partial charge in [0.05, 0.1) is 5.56 Å². The van der Waals surface area contributed by atoms with Crippen LogP contribution in [0.25, 0.3) is 11.1 Å². The standard InChI is InChI=1S/C13H7ClF4/c14-11-6-2-5-10(13(16,17)18)12(11)8-3-1-4-9(15)7-8/h1-7H. The highest BCUT2D eigenvalue weighted by atomic mass is 35.5. The van der Waals surface area contributed by atoms with Crippen LogP contribution in [-0.4, -0.2) is 0 Å². The lowest BCUT2D eigenvalue weighted by molar-refractivity contribution is -0.137. The quantitative estimate of drug-likeness (QED) is 0.630. The van der Waals surface area contributed by atoms with Crippen molar-refractivity contribution in [1.29, 1.82) is 0 Å². The number of rotatable bonds is 1. The van der Waals surface area contributed by atoms with E-state index in [0.29, 0.717) is 0 Å². The third-order valence-electron chi connectivity index (χ3n) is 2.43. The molecular formula is C13H7ClF4. The minimum Gasteiger partial charge on any atom is -0.207 e. The Labute approximate surface area is 106 Å². The van der Waals surface area contributed by atoms with Crippen molar-refractivity contribution in [2.24, 2.45) is 0 Å². The molecule has 0 atom stereocenters. The van der Waals surface area contributed by atoms with Crippen molar-refractivity contribution in [3.63, 3.8) is 0 Å². The summed E-state index contributed by atoms with van der Waals surface area (Å²) < 4.78 is 51.7. The Morgan fingerprint density at radius 3 is 2.22 bits per heavy atom. The van der Waals surface area contributed by atoms with Crippen molar-refractivity contribution in [3.8, 4) is 11.1 Å². The molecule has 0 nitrogen and oxygen atoms in total. The van der Waals surface area contributed by atoms with E-state index in [4.69, 9.17) is 11.6 Å². The van der Waals surface area contributed by atoms with Crippen LogP contribution in [0, 0.1) is 5.82 Å². The Hall–Kier alpha value is -1.55. The van der Waals surface area contributed by atoms with Gasteiger partial charge in [-0.05, 0) is 29.8 Å². The first kappa shape index (κ1) is 12.9. The molecule has 0 aromatic heterocycles. The summed E-state index contributed by atoms with van der Waals surface area (Å²) in [6, 6.07) is 8.40. The molecule has 0 aliphatic carbocycles. The molecule has 2 aromatic carbocycles. The second-order valence-electron chi connectivity index (χ2n) is 3.67. The Morgan fingerprint density at radius 2 is 1.61 bits per heavy atom. The van der Waals surface area contributed by atoms with E-state index in [1.165, 1.54) is 24.3 Å². The van der Waals surface area contributed by atoms with Gasteiger partial charge in [-0.15, -0.1) is 0 Å². The van der Waals surface area contributed by atoms with Gasteiger partial charge < -0.3 is 0 Å². The average molecular weight is 275 g/mol. The van der Waals surface area contributed by atoms with E-state index in [9.17, 15) is 17.6 Å². The first-order valence-corrected chi connectivity index (χ1v) is 5.39. The van der Waals surface area contributed by atoms with Crippen molar-refractivity contribution in [2.75, 3.05) is 0 Å². The molecule has 0 heterocycles. The summed E-state index contributed by atoms with van der Waals surface area (Å²) in [6.07, 6.45) is -4.54. The van der Waals surface area contributed by atoms with Gasteiger partial charge in [0.2, 0.25) is 0 Å². The van der Waals surface area contributed by atoms with Crippen LogP contribution in [0.4, 0.5) is 17.6 Å². The number of alkyl halides is 3. The molecule has 0 saturated heterocycles. The molecule has 0 radical (unpaired) electrons. The monoisotopic (exact) mass is 274 g/mol. The smallest absolute Gasteiger partial charge is 0.207 e. The molecule has 0 unspecified atom stereocenters. The molecule has 0 saturated carbocycles. The maximum atomic E-state index is 13.1. The molecule has 5 heteroatoms. The van der Waals surface area contributed by atoms with E-state index in [1.54, 1.807) is 0 Å². The minimum atomic E-state index is -4.54. The van der Waals surface area contributed by atoms with Gasteiger partial charge in [-0.25, -0.2) is 4.39 Å². The summed E-state index contributed by atoms with van der Waals surface area (Å²) >= 11 is 5.80. The van der Waals surface area contributed by atoms with Crippen LogP contribution in [0.3, 0.4) is 0 Å². The van der Waals surface area contributed by atoms with Gasteiger partial charge in [-0.1, -0.05) is 29.8 Å². The highest BCUT2D eigenvalue weighted by Gasteiger charge is 2.34. The fourth-order valence-electron chi connectivity index (χ4n) is 1.70. The zero-order valence-electron chi connectivity index (χ0n) is 8.93. The second-order valence-corrected chi connectivity index (χ2v) is 4.08. The van der Waals surface area contributed by atoms with Crippen LogP contribution < -0.4 is 0 Å². The van der Waals surface area contributed by atoms with Crippen molar-refractivity contribution in [1.82, 2.24) is 0 Å². The molecule has 18 heavy (non-hydrogen) atoms. The van der Waals surface area contributed by atoms with Gasteiger partial charge in [0, 0.05) is 10.6 Å². The fourth-order valence-corrected chi connectivity index (χ4v) is 1.98. The number of halogens is 5. The van der Waals surface area contributed by atoms with E-state index < -0.39 is 17.6 Å². The van der Waals surface area contributed by atoms with Crippen molar-refractivity contribution in [2.45, 2.75) is 6.18 Å². The Kier molecular flexibility index (Phi) is 3.30. The highest BCUT2D eigenvalue weighted by molar-refractivity contribution is 6.33. The Morgan fingerprint density at radius 1 is 0.944 bits per heavy atom. The molecule has 2 aromatic rings. The van der Waals surface area contributed by atoms with E-state index in [1.807, 2.05) is 0 Å². The zero-order valence-corrected chi connectivity index (χ0v) is 9.69. The van der Waals surface area contributed by atoms with Crippen LogP contribution in [0.5, 0.6) is 0 Å². The summed E-state index contributed by atoms with van der Waals surface area (Å²) in [7, 11) is 0. The van der Waals surface area contributed by atoms with Gasteiger partial charge in [-0.2, -0.15) is 13.2 Å². The minimum absolute atomic E-state index is 0.0598. The van der Waals surface area contributed by atoms with Crippen LogP contribution in [0.2, 0.25) is 5.02 Å². The lowest BCUT2D eigenvalue weighted by atomic mass is 9.99. The molecule has 0 spiro atoms. The second kappa shape index (κ2) is 4.61. The molecule has 0 fully saturated rings. The molecular weight excluding hydrogens is 268 g/mol. The largest absolute Gasteiger partial charge is 0.417 e. The van der Waals surface area contributed by atoms with Crippen molar-refractivity contribution in [3.05, 3.63) is 58.9 Å². The van der Waals surface area contributed by atoms with Crippen molar-refractivity contribution < 1.29 is 17.6 Å². The lowest BCUT2D eigenvalue weighted by Gasteiger charge is -2.14. The fraction of sp³-hybridized carbons (Fsp3) is 0.0769. The maximum absolute atomic E-state index is 13.1. The number of hydrogen-bond acceptors (Lipinski definition) is 0. The molecule has 0 aliphatic heterocycles. The first-order chi connectivity index (χ1) is 8.39. The molecule has 0 N–H and O–H groups in total. The van der Waals surface area contributed by atoms with E-state index in [0.717, 1.165) is 18.2 Å². The summed E-state index contributed by atoms with van der Waals surface area (Å²) in [6.45, 7) is 0. The lowest BCUT2D eigenvalue weighted by Crippen LogP contribution is -2.07.